The minimum absolute atomic E-state index is 0.00743. The molecular formula is C24H26N2O6S. The van der Waals surface area contributed by atoms with Gasteiger partial charge in [-0.2, -0.15) is 0 Å². The summed E-state index contributed by atoms with van der Waals surface area (Å²) < 4.78 is 38.9. The van der Waals surface area contributed by atoms with Crippen molar-refractivity contribution in [2.75, 3.05) is 20.8 Å². The number of aromatic nitrogens is 1. The van der Waals surface area contributed by atoms with Crippen LogP contribution in [0.4, 0.5) is 0 Å². The fourth-order valence-electron chi connectivity index (χ4n) is 3.51. The average molecular weight is 471 g/mol. The van der Waals surface area contributed by atoms with Crippen LogP contribution in [0.3, 0.4) is 0 Å². The van der Waals surface area contributed by atoms with Crippen LogP contribution in [0, 0.1) is 13.8 Å². The molecule has 0 amide bonds. The Balaban J connectivity index is 1.74. The van der Waals surface area contributed by atoms with Gasteiger partial charge in [0.25, 0.3) is 0 Å². The Morgan fingerprint density at radius 3 is 2.36 bits per heavy atom. The van der Waals surface area contributed by atoms with E-state index in [0.717, 1.165) is 23.0 Å². The highest BCUT2D eigenvalue weighted by atomic mass is 32.2. The van der Waals surface area contributed by atoms with Gasteiger partial charge in [-0.3, -0.25) is 4.79 Å². The van der Waals surface area contributed by atoms with Crippen molar-refractivity contribution in [3.63, 3.8) is 0 Å². The second-order valence-electron chi connectivity index (χ2n) is 7.43. The second-order valence-corrected chi connectivity index (χ2v) is 9.28. The van der Waals surface area contributed by atoms with E-state index in [0.29, 0.717) is 12.1 Å². The summed E-state index contributed by atoms with van der Waals surface area (Å²) in [4.78, 5) is 25.1. The first-order valence-corrected chi connectivity index (χ1v) is 11.7. The lowest BCUT2D eigenvalue weighted by Gasteiger charge is -2.11. The third-order valence-electron chi connectivity index (χ3n) is 5.35. The van der Waals surface area contributed by atoms with E-state index < -0.39 is 22.6 Å². The molecule has 33 heavy (non-hydrogen) atoms. The average Bonchev–Trinajstić information content (AvgIpc) is 3.10. The van der Waals surface area contributed by atoms with Crippen molar-refractivity contribution in [1.29, 1.82) is 0 Å². The van der Waals surface area contributed by atoms with Crippen molar-refractivity contribution in [3.8, 4) is 5.75 Å². The van der Waals surface area contributed by atoms with Crippen molar-refractivity contribution < 1.29 is 27.5 Å². The molecule has 0 atom stereocenters. The third-order valence-corrected chi connectivity index (χ3v) is 6.79. The molecule has 0 saturated heterocycles. The van der Waals surface area contributed by atoms with E-state index in [4.69, 9.17) is 9.47 Å². The zero-order valence-corrected chi connectivity index (χ0v) is 19.7. The molecule has 1 heterocycles. The zero-order valence-electron chi connectivity index (χ0n) is 18.9. The Morgan fingerprint density at radius 2 is 1.73 bits per heavy atom. The normalized spacial score (nSPS) is 11.3. The molecule has 0 saturated carbocycles. The second kappa shape index (κ2) is 10.0. The molecule has 3 aromatic rings. The molecule has 8 nitrogen and oxygen atoms in total. The molecule has 174 valence electrons. The number of hydrogen-bond donors (Lipinski definition) is 1. The maximum atomic E-state index is 12.8. The number of nitrogens with zero attached hydrogens (tertiary/aromatic N) is 1. The van der Waals surface area contributed by atoms with Gasteiger partial charge in [0.2, 0.25) is 15.8 Å². The van der Waals surface area contributed by atoms with E-state index in [9.17, 15) is 18.0 Å². The summed E-state index contributed by atoms with van der Waals surface area (Å²) in [5.74, 6) is -1.06. The number of sulfonamides is 1. The number of ether oxygens (including phenoxy) is 2. The van der Waals surface area contributed by atoms with Crippen LogP contribution >= 0.6 is 0 Å². The minimum atomic E-state index is -3.86. The smallest absolute Gasteiger partial charge is 0.338 e. The van der Waals surface area contributed by atoms with Gasteiger partial charge in [0.15, 0.2) is 6.61 Å². The van der Waals surface area contributed by atoms with Gasteiger partial charge in [0, 0.05) is 23.5 Å². The fraction of sp³-hybridized carbons (Fsp3) is 0.250. The van der Waals surface area contributed by atoms with Crippen molar-refractivity contribution in [2.24, 2.45) is 0 Å². The number of Topliss-reactive ketones (excluding diaryl/α,β-unsaturated/α-hetero) is 1. The SMILES string of the molecule is CNS(=O)(=O)c1cc(C(=O)OCC(=O)c2cc(C)n(Cc3ccccc3)c2C)ccc1OC. The highest BCUT2D eigenvalue weighted by molar-refractivity contribution is 7.89. The highest BCUT2D eigenvalue weighted by Crippen LogP contribution is 2.25. The van der Waals surface area contributed by atoms with Crippen LogP contribution in [0.5, 0.6) is 5.75 Å². The van der Waals surface area contributed by atoms with Crippen LogP contribution in [-0.4, -0.2) is 45.5 Å². The van der Waals surface area contributed by atoms with Gasteiger partial charge in [-0.1, -0.05) is 30.3 Å². The van der Waals surface area contributed by atoms with Crippen LogP contribution in [0.1, 0.15) is 37.7 Å². The molecule has 0 spiro atoms. The van der Waals surface area contributed by atoms with Crippen LogP contribution < -0.4 is 9.46 Å². The van der Waals surface area contributed by atoms with E-state index in [1.807, 2.05) is 48.7 Å². The number of hydrogen-bond acceptors (Lipinski definition) is 6. The van der Waals surface area contributed by atoms with Gasteiger partial charge in [0.1, 0.15) is 10.6 Å². The number of carbonyl (C=O) groups is 2. The molecule has 0 radical (unpaired) electrons. The molecule has 2 aromatic carbocycles. The van der Waals surface area contributed by atoms with Crippen LogP contribution in [0.2, 0.25) is 0 Å². The summed E-state index contributed by atoms with van der Waals surface area (Å²) in [5.41, 5.74) is 3.28. The topological polar surface area (TPSA) is 104 Å². The first-order chi connectivity index (χ1) is 15.7. The third kappa shape index (κ3) is 5.32. The maximum absolute atomic E-state index is 12.8. The van der Waals surface area contributed by atoms with E-state index >= 15 is 0 Å². The van der Waals surface area contributed by atoms with Crippen LogP contribution in [-0.2, 0) is 21.3 Å². The number of ketones is 1. The van der Waals surface area contributed by atoms with Gasteiger partial charge in [0.05, 0.1) is 12.7 Å². The Morgan fingerprint density at radius 1 is 1.03 bits per heavy atom. The first-order valence-electron chi connectivity index (χ1n) is 10.2. The van der Waals surface area contributed by atoms with Crippen LogP contribution in [0.25, 0.3) is 0 Å². The van der Waals surface area contributed by atoms with E-state index in [1.54, 1.807) is 6.07 Å². The minimum Gasteiger partial charge on any atom is -0.495 e. The molecule has 0 aliphatic heterocycles. The summed E-state index contributed by atoms with van der Waals surface area (Å²) in [6.45, 7) is 3.93. The lowest BCUT2D eigenvalue weighted by molar-refractivity contribution is 0.0474. The summed E-state index contributed by atoms with van der Waals surface area (Å²) in [6, 6.07) is 15.6. The molecule has 0 aliphatic carbocycles. The standard InChI is InChI=1S/C24H26N2O6S/c1-16-12-20(17(2)26(16)14-18-8-6-5-7-9-18)21(27)15-32-24(28)19-10-11-22(31-4)23(13-19)33(29,30)25-3/h5-13,25H,14-15H2,1-4H3. The van der Waals surface area contributed by atoms with Crippen LogP contribution in [0.15, 0.2) is 59.5 Å². The van der Waals surface area contributed by atoms with Gasteiger partial charge in [-0.15, -0.1) is 0 Å². The predicted molar refractivity (Wildman–Crippen MR) is 123 cm³/mol. The number of esters is 1. The summed E-state index contributed by atoms with van der Waals surface area (Å²) >= 11 is 0. The predicted octanol–water partition coefficient (Wildman–Crippen LogP) is 3.11. The lowest BCUT2D eigenvalue weighted by atomic mass is 10.1. The number of nitrogens with one attached hydrogen (secondary N) is 1. The molecule has 0 unspecified atom stereocenters. The van der Waals surface area contributed by atoms with Crippen molar-refractivity contribution in [2.45, 2.75) is 25.3 Å². The molecule has 0 aliphatic rings. The van der Waals surface area contributed by atoms with Crippen molar-refractivity contribution in [3.05, 3.63) is 82.7 Å². The van der Waals surface area contributed by atoms with Crippen molar-refractivity contribution in [1.82, 2.24) is 9.29 Å². The van der Waals surface area contributed by atoms with Gasteiger partial charge < -0.3 is 14.0 Å². The summed E-state index contributed by atoms with van der Waals surface area (Å²) in [6.07, 6.45) is 0. The van der Waals surface area contributed by atoms with Gasteiger partial charge in [-0.25, -0.2) is 17.9 Å². The number of carbonyl (C=O) groups excluding carboxylic acids is 2. The molecule has 3 rings (SSSR count). The largest absolute Gasteiger partial charge is 0.495 e. The summed E-state index contributed by atoms with van der Waals surface area (Å²) in [5, 5.41) is 0. The number of aryl methyl sites for hydroxylation is 1. The molecule has 1 aromatic heterocycles. The molecule has 0 bridgehead atoms. The summed E-state index contributed by atoms with van der Waals surface area (Å²) in [7, 11) is -1.27. The Kier molecular flexibility index (Phi) is 7.35. The lowest BCUT2D eigenvalue weighted by Crippen LogP contribution is -2.20. The quantitative estimate of drug-likeness (QED) is 0.381. The monoisotopic (exact) mass is 470 g/mol. The number of rotatable bonds is 9. The van der Waals surface area contributed by atoms with Gasteiger partial charge >= 0.3 is 5.97 Å². The maximum Gasteiger partial charge on any atom is 0.338 e. The Bertz CT molecular complexity index is 1280. The fourth-order valence-corrected chi connectivity index (χ4v) is 4.43. The van der Waals surface area contributed by atoms with Crippen molar-refractivity contribution >= 4 is 21.8 Å². The number of methoxy groups -OCH3 is 1. The zero-order chi connectivity index (χ0) is 24.2. The molecule has 0 fully saturated rings. The number of benzene rings is 2. The van der Waals surface area contributed by atoms with E-state index in [-0.39, 0.29) is 22.0 Å². The molecule has 9 heteroatoms. The van der Waals surface area contributed by atoms with E-state index in [2.05, 4.69) is 4.72 Å². The molecule has 1 N–H and O–H groups in total. The van der Waals surface area contributed by atoms with Gasteiger partial charge in [-0.05, 0) is 50.7 Å². The highest BCUT2D eigenvalue weighted by Gasteiger charge is 2.22. The Hall–Kier alpha value is -3.43. The first kappa shape index (κ1) is 24.2. The van der Waals surface area contributed by atoms with E-state index in [1.165, 1.54) is 26.3 Å². The Labute approximate surface area is 193 Å². The molecular weight excluding hydrogens is 444 g/mol.